The molecule has 0 radical (unpaired) electrons. The maximum absolute atomic E-state index is 12.0. The molecule has 6 N–H and O–H groups in total. The van der Waals surface area contributed by atoms with Crippen LogP contribution >= 0.6 is 7.82 Å². The maximum Gasteiger partial charge on any atom is 0.472 e. The monoisotopic (exact) mass is 360 g/mol. The van der Waals surface area contributed by atoms with Crippen LogP contribution in [0.25, 0.3) is 11.2 Å². The molecule has 4 heterocycles. The van der Waals surface area contributed by atoms with E-state index in [1.165, 1.54) is 10.9 Å². The van der Waals surface area contributed by atoms with Crippen LogP contribution in [0.4, 0.5) is 5.95 Å². The van der Waals surface area contributed by atoms with E-state index < -0.39 is 37.9 Å². The molecule has 0 amide bonds. The average Bonchev–Trinajstić information content (AvgIpc) is 3.06. The number of phosphoric acid groups is 1. The van der Waals surface area contributed by atoms with Gasteiger partial charge in [-0.15, -0.1) is 0 Å². The summed E-state index contributed by atoms with van der Waals surface area (Å²) in [6, 6.07) is 0. The van der Waals surface area contributed by atoms with Gasteiger partial charge >= 0.3 is 13.4 Å². The summed E-state index contributed by atoms with van der Waals surface area (Å²) in [6.45, 7) is -0.232. The maximum atomic E-state index is 12.0. The fourth-order valence-corrected chi connectivity index (χ4v) is 3.71. The lowest BCUT2D eigenvalue weighted by atomic mass is 10.1. The minimum absolute atomic E-state index is 0.0509. The molecule has 5 unspecified atom stereocenters. The summed E-state index contributed by atoms with van der Waals surface area (Å²) in [5.74, 6) is 5.20. The Bertz CT molecular complexity index is 926. The number of nitrogen functional groups attached to an aromatic ring is 2. The van der Waals surface area contributed by atoms with Crippen molar-refractivity contribution in [3.63, 3.8) is 0 Å². The third-order valence-electron chi connectivity index (χ3n) is 3.90. The fraction of sp³-hybridized carbons (Fsp3) is 0.500. The molecule has 0 aromatic carbocycles. The first kappa shape index (κ1) is 15.5. The van der Waals surface area contributed by atoms with Gasteiger partial charge in [-0.3, -0.25) is 18.4 Å². The van der Waals surface area contributed by atoms with Crippen LogP contribution in [0.1, 0.15) is 6.23 Å². The highest BCUT2D eigenvalue weighted by Gasteiger charge is 2.52. The highest BCUT2D eigenvalue weighted by Crippen LogP contribution is 2.52. The summed E-state index contributed by atoms with van der Waals surface area (Å²) in [5.41, 5.74) is 4.89. The molecule has 2 aliphatic rings. The molecule has 2 aromatic heterocycles. The van der Waals surface area contributed by atoms with Crippen molar-refractivity contribution in [2.45, 2.75) is 24.5 Å². The Morgan fingerprint density at radius 3 is 2.96 bits per heavy atom. The lowest BCUT2D eigenvalue weighted by Crippen LogP contribution is -2.39. The van der Waals surface area contributed by atoms with Crippen LogP contribution in [0, 0.1) is 0 Å². The van der Waals surface area contributed by atoms with Crippen LogP contribution < -0.4 is 17.1 Å². The van der Waals surface area contributed by atoms with Gasteiger partial charge in [-0.2, -0.15) is 9.66 Å². The van der Waals surface area contributed by atoms with Gasteiger partial charge in [0.05, 0.1) is 12.9 Å². The molecule has 14 heteroatoms. The Morgan fingerprint density at radius 2 is 2.21 bits per heavy atom. The molecule has 0 saturated carbocycles. The molecule has 13 nitrogen and oxygen atoms in total. The van der Waals surface area contributed by atoms with E-state index in [1.54, 1.807) is 0 Å². The summed E-state index contributed by atoms with van der Waals surface area (Å²) in [5, 5.41) is 10.4. The lowest BCUT2D eigenvalue weighted by Gasteiger charge is -2.27. The molecule has 5 atom stereocenters. The van der Waals surface area contributed by atoms with Crippen LogP contribution in [-0.4, -0.2) is 54.1 Å². The smallest absolute Gasteiger partial charge is 0.386 e. The van der Waals surface area contributed by atoms with Gasteiger partial charge in [0.2, 0.25) is 5.95 Å². The summed E-state index contributed by atoms with van der Waals surface area (Å²) in [6.07, 6.45) is -3.01. The van der Waals surface area contributed by atoms with Crippen LogP contribution in [0.15, 0.2) is 11.1 Å². The average molecular weight is 360 g/mol. The van der Waals surface area contributed by atoms with Gasteiger partial charge in [-0.25, -0.2) is 9.55 Å². The van der Waals surface area contributed by atoms with Crippen LogP contribution in [0.2, 0.25) is 0 Å². The predicted molar refractivity (Wildman–Crippen MR) is 76.9 cm³/mol. The summed E-state index contributed by atoms with van der Waals surface area (Å²) in [4.78, 5) is 29.3. The number of anilines is 1. The molecule has 2 fully saturated rings. The van der Waals surface area contributed by atoms with E-state index in [2.05, 4.69) is 14.5 Å². The highest BCUT2D eigenvalue weighted by molar-refractivity contribution is 7.47. The van der Waals surface area contributed by atoms with E-state index >= 15 is 0 Å². The van der Waals surface area contributed by atoms with Crippen molar-refractivity contribution in [3.8, 4) is 0 Å². The molecule has 2 aliphatic heterocycles. The first-order valence-corrected chi connectivity index (χ1v) is 8.27. The Kier molecular flexibility index (Phi) is 3.22. The largest absolute Gasteiger partial charge is 0.472 e. The second-order valence-corrected chi connectivity index (χ2v) is 6.77. The fourth-order valence-electron chi connectivity index (χ4n) is 2.75. The Labute approximate surface area is 133 Å². The summed E-state index contributed by atoms with van der Waals surface area (Å²) < 4.78 is 28.5. The lowest BCUT2D eigenvalue weighted by molar-refractivity contribution is -0.0664. The molecule has 24 heavy (non-hydrogen) atoms. The molecule has 4 rings (SSSR count). The van der Waals surface area contributed by atoms with E-state index in [0.717, 1.165) is 0 Å². The standard InChI is InChI=1S/C10H13N6O7P/c11-10-14-7-4(8(18)16(10)12)13-2-15(7)9-5(17)6-3(22-9)1-21-24(19,20)23-6/h2-3,5-6,9,17H,1,12H2,(H2,11,14)(H,19,20). The molecular formula is C10H13N6O7P. The predicted octanol–water partition coefficient (Wildman–Crippen LogP) is -2.34. The van der Waals surface area contributed by atoms with Gasteiger partial charge in [0, 0.05) is 0 Å². The Morgan fingerprint density at radius 1 is 1.46 bits per heavy atom. The molecule has 0 spiro atoms. The number of nitrogens with zero attached hydrogens (tertiary/aromatic N) is 4. The number of hydrogen-bond donors (Lipinski definition) is 4. The van der Waals surface area contributed by atoms with Gasteiger partial charge in [-0.1, -0.05) is 0 Å². The van der Waals surface area contributed by atoms with E-state index in [-0.39, 0.29) is 23.7 Å². The Balaban J connectivity index is 1.76. The molecule has 0 bridgehead atoms. The van der Waals surface area contributed by atoms with Crippen LogP contribution in [0.3, 0.4) is 0 Å². The van der Waals surface area contributed by atoms with Gasteiger partial charge in [0.25, 0.3) is 0 Å². The van der Waals surface area contributed by atoms with E-state index in [4.69, 9.17) is 20.8 Å². The number of nitrogens with two attached hydrogens (primary N) is 2. The van der Waals surface area contributed by atoms with Crippen molar-refractivity contribution >= 4 is 24.9 Å². The number of imidazole rings is 1. The SMILES string of the molecule is Nc1nc2c(ncn2C2OC3COP(=O)(O)OC3C2O)c(=O)n1N. The van der Waals surface area contributed by atoms with Crippen LogP contribution in [0.5, 0.6) is 0 Å². The Hall–Kier alpha value is -2.02. The number of hydrogen-bond acceptors (Lipinski definition) is 10. The first-order chi connectivity index (χ1) is 11.3. The van der Waals surface area contributed by atoms with Gasteiger partial charge in [0.15, 0.2) is 17.4 Å². The second kappa shape index (κ2) is 4.99. The zero-order valence-corrected chi connectivity index (χ0v) is 12.8. The summed E-state index contributed by atoms with van der Waals surface area (Å²) in [7, 11) is -4.24. The minimum Gasteiger partial charge on any atom is -0.386 e. The quantitative estimate of drug-likeness (QED) is 0.315. The number of aliphatic hydroxyl groups excluding tert-OH is 1. The second-order valence-electron chi connectivity index (χ2n) is 5.36. The van der Waals surface area contributed by atoms with Gasteiger partial charge in [0.1, 0.15) is 18.3 Å². The zero-order valence-electron chi connectivity index (χ0n) is 11.9. The van der Waals surface area contributed by atoms with Gasteiger partial charge in [-0.05, 0) is 0 Å². The van der Waals surface area contributed by atoms with Crippen LogP contribution in [-0.2, 0) is 18.3 Å². The number of phosphoric ester groups is 1. The topological polar surface area (TPSA) is 190 Å². The van der Waals surface area contributed by atoms with Crippen molar-refractivity contribution in [1.29, 1.82) is 0 Å². The molecule has 2 aromatic rings. The number of fused-ring (bicyclic) bond motifs is 2. The zero-order chi connectivity index (χ0) is 17.2. The third kappa shape index (κ3) is 2.14. The third-order valence-corrected chi connectivity index (χ3v) is 4.88. The number of aromatic nitrogens is 4. The molecule has 130 valence electrons. The summed E-state index contributed by atoms with van der Waals surface area (Å²) >= 11 is 0. The van der Waals surface area contributed by atoms with E-state index in [1.807, 2.05) is 0 Å². The highest BCUT2D eigenvalue weighted by atomic mass is 31.2. The minimum atomic E-state index is -4.24. The van der Waals surface area contributed by atoms with Crippen molar-refractivity contribution in [3.05, 3.63) is 16.7 Å². The van der Waals surface area contributed by atoms with Crippen molar-refractivity contribution < 1.29 is 28.3 Å². The molecule has 0 aliphatic carbocycles. The van der Waals surface area contributed by atoms with E-state index in [9.17, 15) is 19.4 Å². The number of aliphatic hydroxyl groups is 1. The number of rotatable bonds is 1. The molecule has 2 saturated heterocycles. The van der Waals surface area contributed by atoms with E-state index in [0.29, 0.717) is 4.68 Å². The normalized spacial score (nSPS) is 36.1. The van der Waals surface area contributed by atoms with Crippen molar-refractivity contribution in [1.82, 2.24) is 19.2 Å². The van der Waals surface area contributed by atoms with Gasteiger partial charge < -0.3 is 26.3 Å². The van der Waals surface area contributed by atoms with Crippen molar-refractivity contribution in [2.75, 3.05) is 18.2 Å². The van der Waals surface area contributed by atoms with Crippen molar-refractivity contribution in [2.24, 2.45) is 0 Å². The first-order valence-electron chi connectivity index (χ1n) is 6.78. The number of ether oxygens (including phenoxy) is 1. The molecular weight excluding hydrogens is 347 g/mol.